The second-order valence-corrected chi connectivity index (χ2v) is 13.8. The van der Waals surface area contributed by atoms with Gasteiger partial charge in [-0.25, -0.2) is 14.4 Å². The van der Waals surface area contributed by atoms with Gasteiger partial charge in [0.25, 0.3) is 0 Å². The summed E-state index contributed by atoms with van der Waals surface area (Å²) in [6, 6.07) is 22.9. The fraction of sp³-hybridized carbons (Fsp3) is 0.341. The largest absolute Gasteiger partial charge is 0.329 e. The van der Waals surface area contributed by atoms with Crippen LogP contribution in [0.4, 0.5) is 9.59 Å². The van der Waals surface area contributed by atoms with Crippen molar-refractivity contribution in [3.8, 4) is 0 Å². The van der Waals surface area contributed by atoms with Crippen LogP contribution in [0.3, 0.4) is 0 Å². The number of nitrogens with zero attached hydrogens (tertiary/aromatic N) is 1. The molecule has 0 saturated carbocycles. The molecular weight excluding hydrogens is 638 g/mol. The van der Waals surface area contributed by atoms with E-state index < -0.39 is 16.6 Å². The Morgan fingerprint density at radius 1 is 0.647 bits per heavy atom. The first kappa shape index (κ1) is 43.7. The van der Waals surface area contributed by atoms with E-state index in [1.54, 1.807) is 6.08 Å². The van der Waals surface area contributed by atoms with Crippen LogP contribution in [0.15, 0.2) is 97.5 Å². The fourth-order valence-corrected chi connectivity index (χ4v) is 4.70. The monoisotopic (exact) mass is 695 g/mol. The van der Waals surface area contributed by atoms with Crippen LogP contribution in [0, 0.1) is 0 Å². The second kappa shape index (κ2) is 19.8. The summed E-state index contributed by atoms with van der Waals surface area (Å²) in [5.74, 6) is 0. The third kappa shape index (κ3) is 14.6. The molecule has 3 aromatic carbocycles. The van der Waals surface area contributed by atoms with Gasteiger partial charge in [-0.2, -0.15) is 4.99 Å². The van der Waals surface area contributed by atoms with Gasteiger partial charge < -0.3 is 32.7 Å². The van der Waals surface area contributed by atoms with Gasteiger partial charge in [0.1, 0.15) is 0 Å². The van der Waals surface area contributed by atoms with Crippen LogP contribution >= 0.6 is 0 Å². The predicted octanol–water partition coefficient (Wildman–Crippen LogP) is 7.63. The highest BCUT2D eigenvalue weighted by Crippen LogP contribution is 2.27. The zero-order chi connectivity index (χ0) is 39.0. The number of allylic oxidation sites excluding steroid dienone is 3. The molecule has 3 aromatic rings. The van der Waals surface area contributed by atoms with E-state index in [9.17, 15) is 14.4 Å². The van der Waals surface area contributed by atoms with E-state index in [1.807, 2.05) is 135 Å². The van der Waals surface area contributed by atoms with E-state index in [0.717, 1.165) is 50.1 Å². The highest BCUT2D eigenvalue weighted by atomic mass is 16.2. The molecular formula is C41H57N7O3. The Balaban J connectivity index is 0.000000599. The van der Waals surface area contributed by atoms with Gasteiger partial charge in [-0.15, -0.1) is 0 Å². The summed E-state index contributed by atoms with van der Waals surface area (Å²) in [6.07, 6.45) is 1.61. The van der Waals surface area contributed by atoms with E-state index in [2.05, 4.69) is 57.5 Å². The van der Waals surface area contributed by atoms with Crippen molar-refractivity contribution in [1.29, 1.82) is 0 Å². The van der Waals surface area contributed by atoms with Crippen molar-refractivity contribution in [2.45, 2.75) is 78.9 Å². The van der Waals surface area contributed by atoms with Crippen LogP contribution in [0.2, 0.25) is 0 Å². The Morgan fingerprint density at radius 2 is 0.961 bits per heavy atom. The van der Waals surface area contributed by atoms with Crippen molar-refractivity contribution in [2.24, 2.45) is 16.5 Å². The molecule has 10 nitrogen and oxygen atoms in total. The second-order valence-electron chi connectivity index (χ2n) is 13.8. The molecule has 0 saturated heterocycles. The maximum atomic E-state index is 12.4. The van der Waals surface area contributed by atoms with E-state index in [0.29, 0.717) is 0 Å². The van der Waals surface area contributed by atoms with Gasteiger partial charge in [-0.05, 0) is 114 Å². The van der Waals surface area contributed by atoms with Crippen molar-refractivity contribution < 1.29 is 14.4 Å². The number of urea groups is 2. The molecule has 10 heteroatoms. The molecule has 0 aromatic heterocycles. The minimum Gasteiger partial charge on any atom is -0.329 e. The zero-order valence-corrected chi connectivity index (χ0v) is 31.8. The van der Waals surface area contributed by atoms with E-state index in [-0.39, 0.29) is 25.4 Å². The van der Waals surface area contributed by atoms with Crippen molar-refractivity contribution >= 4 is 34.9 Å². The van der Waals surface area contributed by atoms with Crippen molar-refractivity contribution in [3.05, 3.63) is 126 Å². The summed E-state index contributed by atoms with van der Waals surface area (Å²) in [6.45, 7) is 29.4. The molecule has 0 aliphatic heterocycles. The molecule has 274 valence electrons. The first-order valence-electron chi connectivity index (χ1n) is 16.6. The van der Waals surface area contributed by atoms with Gasteiger partial charge in [-0.3, -0.25) is 0 Å². The van der Waals surface area contributed by atoms with Crippen LogP contribution in [0.5, 0.6) is 0 Å². The summed E-state index contributed by atoms with van der Waals surface area (Å²) in [5.41, 5.74) is 16.5. The minimum atomic E-state index is -0.603. The average Bonchev–Trinajstić information content (AvgIpc) is 3.05. The van der Waals surface area contributed by atoms with Crippen molar-refractivity contribution in [2.75, 3.05) is 13.3 Å². The van der Waals surface area contributed by atoms with Gasteiger partial charge in [0.05, 0.1) is 23.3 Å². The van der Waals surface area contributed by atoms with Crippen LogP contribution in [-0.4, -0.2) is 31.5 Å². The normalized spacial score (nSPS) is 10.8. The standard InChI is InChI=1S/C27H36N4O2.C13H15NO.CH6N2/c1-18(2)20-11-9-13-22(15-20)26(5,6)30-24(32)28-17-29-25(33)31-27(7,8)23-14-10-12-21(16-23)19(3)4;1-10(2)11-6-5-7-12(8-11)13(3,4)14-9-15;2-1-3/h9-16H,1,3,17H2,2,4-8H3,(H2,28,30,32)(H2,29,31,33);5-8H,1H2,2-4H3;1-3H2. The maximum absolute atomic E-state index is 12.4. The Kier molecular flexibility index (Phi) is 17.0. The lowest BCUT2D eigenvalue weighted by Gasteiger charge is -2.28. The molecule has 4 amide bonds. The fourth-order valence-electron chi connectivity index (χ4n) is 4.70. The molecule has 0 spiro atoms. The number of carbonyl (C=O) groups is 2. The summed E-state index contributed by atoms with van der Waals surface area (Å²) in [5, 5.41) is 11.2. The van der Waals surface area contributed by atoms with Crippen molar-refractivity contribution in [1.82, 2.24) is 21.3 Å². The van der Waals surface area contributed by atoms with Gasteiger partial charge in [-0.1, -0.05) is 91.1 Å². The minimum absolute atomic E-state index is 0.0125. The molecule has 0 aliphatic rings. The van der Waals surface area contributed by atoms with Gasteiger partial charge >= 0.3 is 12.1 Å². The Morgan fingerprint density at radius 3 is 1.27 bits per heavy atom. The van der Waals surface area contributed by atoms with Crippen molar-refractivity contribution in [3.63, 3.8) is 0 Å². The van der Waals surface area contributed by atoms with E-state index in [4.69, 9.17) is 0 Å². The van der Waals surface area contributed by atoms with Crippen LogP contribution in [-0.2, 0) is 21.4 Å². The third-order valence-electron chi connectivity index (χ3n) is 7.89. The first-order valence-corrected chi connectivity index (χ1v) is 16.6. The highest BCUT2D eigenvalue weighted by molar-refractivity contribution is 5.78. The number of rotatable bonds is 11. The number of isocyanates is 1. The Labute approximate surface area is 304 Å². The van der Waals surface area contributed by atoms with Crippen LogP contribution in [0.1, 0.15) is 95.7 Å². The number of hydrogen-bond donors (Lipinski definition) is 6. The number of amides is 4. The molecule has 0 bridgehead atoms. The maximum Gasteiger partial charge on any atom is 0.316 e. The summed E-state index contributed by atoms with van der Waals surface area (Å²) in [7, 11) is 0. The lowest BCUT2D eigenvalue weighted by Crippen LogP contribution is -2.52. The van der Waals surface area contributed by atoms with Crippen LogP contribution in [0.25, 0.3) is 16.7 Å². The Hall–Kier alpha value is -5.28. The predicted molar refractivity (Wildman–Crippen MR) is 212 cm³/mol. The van der Waals surface area contributed by atoms with Crippen LogP contribution < -0.4 is 32.7 Å². The van der Waals surface area contributed by atoms with E-state index in [1.165, 1.54) is 0 Å². The number of nitrogens with two attached hydrogens (primary N) is 2. The molecule has 0 atom stereocenters. The molecule has 51 heavy (non-hydrogen) atoms. The SMILES string of the molecule is C=C(C)c1cccc(C(C)(C)N=C=O)c1.C=C(C)c1cccc(C(C)(C)NC(=O)NCNC(=O)NC(C)(C)c2cccc(C(=C)C)c2)c1.NCN. The lowest BCUT2D eigenvalue weighted by molar-refractivity contribution is 0.223. The number of hydrogen-bond acceptors (Lipinski definition) is 6. The molecule has 8 N–H and O–H groups in total. The zero-order valence-electron chi connectivity index (χ0n) is 31.8. The number of benzene rings is 3. The molecule has 3 rings (SSSR count). The summed E-state index contributed by atoms with van der Waals surface area (Å²) >= 11 is 0. The summed E-state index contributed by atoms with van der Waals surface area (Å²) < 4.78 is 0. The lowest BCUT2D eigenvalue weighted by atomic mass is 9.92. The van der Waals surface area contributed by atoms with Gasteiger partial charge in [0, 0.05) is 6.67 Å². The third-order valence-corrected chi connectivity index (χ3v) is 7.89. The highest BCUT2D eigenvalue weighted by Gasteiger charge is 2.25. The molecule has 0 aliphatic carbocycles. The van der Waals surface area contributed by atoms with Gasteiger partial charge in [0.2, 0.25) is 6.08 Å². The molecule has 0 heterocycles. The number of aliphatic imine (C=N–C) groups is 1. The first-order chi connectivity index (χ1) is 23.7. The summed E-state index contributed by atoms with van der Waals surface area (Å²) in [4.78, 5) is 38.9. The topological polar surface area (TPSA) is 164 Å². The Bertz CT molecular complexity index is 1650. The smallest absolute Gasteiger partial charge is 0.316 e. The quantitative estimate of drug-likeness (QED) is 0.0689. The number of nitrogens with one attached hydrogen (secondary N) is 4. The average molecular weight is 696 g/mol. The molecule has 0 fully saturated rings. The molecule has 0 unspecified atom stereocenters. The van der Waals surface area contributed by atoms with Gasteiger partial charge in [0.15, 0.2) is 0 Å². The van der Waals surface area contributed by atoms with E-state index >= 15 is 0 Å². The number of carbonyl (C=O) groups excluding carboxylic acids is 3. The molecule has 0 radical (unpaired) electrons.